The molecule has 0 saturated carbocycles. The van der Waals surface area contributed by atoms with Gasteiger partial charge in [-0.05, 0) is 36.2 Å². The standard InChI is InChI=1S/C22H20F4N4O3/c1-13-7-17(23)19(27-8-13)29-10-18(32)30(21(20(29)33)11-28(12-21)14(2)31)9-15-3-5-16(6-4-15)22(24,25)26/h3-8H,9-12H2,1-2H3. The number of likely N-dealkylation sites (tertiary alicyclic amines) is 1. The largest absolute Gasteiger partial charge is 0.416 e. The van der Waals surface area contributed by atoms with E-state index in [0.29, 0.717) is 11.1 Å². The Morgan fingerprint density at radius 1 is 1.15 bits per heavy atom. The zero-order valence-corrected chi connectivity index (χ0v) is 17.8. The molecule has 3 amide bonds. The number of aromatic nitrogens is 1. The van der Waals surface area contributed by atoms with Crippen LogP contribution in [-0.4, -0.2) is 57.7 Å². The summed E-state index contributed by atoms with van der Waals surface area (Å²) in [4.78, 5) is 46.0. The van der Waals surface area contributed by atoms with Gasteiger partial charge in [0, 0.05) is 19.7 Å². The monoisotopic (exact) mass is 464 g/mol. The van der Waals surface area contributed by atoms with Gasteiger partial charge in [-0.15, -0.1) is 0 Å². The molecule has 0 bridgehead atoms. The van der Waals surface area contributed by atoms with E-state index in [4.69, 9.17) is 0 Å². The predicted molar refractivity (Wildman–Crippen MR) is 108 cm³/mol. The maximum absolute atomic E-state index is 14.6. The summed E-state index contributed by atoms with van der Waals surface area (Å²) in [6.45, 7) is 2.14. The summed E-state index contributed by atoms with van der Waals surface area (Å²) < 4.78 is 53.2. The second kappa shape index (κ2) is 7.82. The Balaban J connectivity index is 1.67. The van der Waals surface area contributed by atoms with Crippen molar-refractivity contribution < 1.29 is 31.9 Å². The summed E-state index contributed by atoms with van der Waals surface area (Å²) in [5, 5.41) is 0. The van der Waals surface area contributed by atoms with Gasteiger partial charge in [-0.1, -0.05) is 12.1 Å². The van der Waals surface area contributed by atoms with Crippen molar-refractivity contribution in [2.24, 2.45) is 0 Å². The first kappa shape index (κ1) is 22.7. The van der Waals surface area contributed by atoms with E-state index in [1.54, 1.807) is 6.92 Å². The molecule has 3 heterocycles. The van der Waals surface area contributed by atoms with Gasteiger partial charge in [0.15, 0.2) is 17.2 Å². The molecule has 0 aliphatic carbocycles. The third-order valence-corrected chi connectivity index (χ3v) is 5.94. The van der Waals surface area contributed by atoms with E-state index in [-0.39, 0.29) is 31.4 Å². The van der Waals surface area contributed by atoms with Gasteiger partial charge in [-0.2, -0.15) is 13.2 Å². The normalized spacial score (nSPS) is 18.1. The molecule has 4 rings (SSSR count). The smallest absolute Gasteiger partial charge is 0.337 e. The van der Waals surface area contributed by atoms with Gasteiger partial charge < -0.3 is 9.80 Å². The van der Waals surface area contributed by atoms with Crippen molar-refractivity contribution in [3.63, 3.8) is 0 Å². The van der Waals surface area contributed by atoms with Crippen LogP contribution in [0.1, 0.15) is 23.6 Å². The number of hydrogen-bond donors (Lipinski definition) is 0. The molecular formula is C22H20F4N4O3. The maximum Gasteiger partial charge on any atom is 0.416 e. The fraction of sp³-hybridized carbons (Fsp3) is 0.364. The molecule has 0 unspecified atom stereocenters. The van der Waals surface area contributed by atoms with E-state index in [1.807, 2.05) is 0 Å². The van der Waals surface area contributed by atoms with Crippen LogP contribution >= 0.6 is 0 Å². The van der Waals surface area contributed by atoms with Gasteiger partial charge in [0.05, 0.1) is 18.7 Å². The highest BCUT2D eigenvalue weighted by molar-refractivity contribution is 6.10. The first-order chi connectivity index (χ1) is 15.4. The Labute approximate surface area is 186 Å². The highest BCUT2D eigenvalue weighted by Gasteiger charge is 2.60. The SMILES string of the molecule is CC(=O)N1CC2(C1)C(=O)N(c1ncc(C)cc1F)CC(=O)N2Cc1ccc(C(F)(F)F)cc1. The van der Waals surface area contributed by atoms with E-state index in [9.17, 15) is 31.9 Å². The van der Waals surface area contributed by atoms with Gasteiger partial charge in [0.25, 0.3) is 5.91 Å². The minimum absolute atomic E-state index is 0.0997. The molecule has 2 aromatic rings. The second-order valence-electron chi connectivity index (χ2n) is 8.29. The number of carbonyl (C=O) groups excluding carboxylic acids is 3. The number of piperazine rings is 1. The molecule has 0 atom stereocenters. The zero-order chi connectivity index (χ0) is 24.1. The first-order valence-electron chi connectivity index (χ1n) is 10.1. The van der Waals surface area contributed by atoms with Gasteiger partial charge in [-0.25, -0.2) is 9.37 Å². The lowest BCUT2D eigenvalue weighted by molar-refractivity contribution is -0.169. The number of hydrogen-bond acceptors (Lipinski definition) is 4. The number of aryl methyl sites for hydroxylation is 1. The number of halogens is 4. The van der Waals surface area contributed by atoms with E-state index < -0.39 is 41.5 Å². The van der Waals surface area contributed by atoms with Gasteiger partial charge >= 0.3 is 6.18 Å². The summed E-state index contributed by atoms with van der Waals surface area (Å²) in [5.41, 5.74) is -1.36. The van der Waals surface area contributed by atoms with Crippen LogP contribution in [-0.2, 0) is 27.1 Å². The highest BCUT2D eigenvalue weighted by atomic mass is 19.4. The molecule has 0 radical (unpaired) electrons. The number of benzene rings is 1. The van der Waals surface area contributed by atoms with E-state index in [2.05, 4.69) is 4.98 Å². The average molecular weight is 464 g/mol. The van der Waals surface area contributed by atoms with Gasteiger partial charge in [-0.3, -0.25) is 19.3 Å². The Morgan fingerprint density at radius 3 is 2.33 bits per heavy atom. The topological polar surface area (TPSA) is 73.8 Å². The van der Waals surface area contributed by atoms with Crippen LogP contribution in [0.15, 0.2) is 36.5 Å². The number of nitrogens with zero attached hydrogens (tertiary/aromatic N) is 4. The van der Waals surface area contributed by atoms with Crippen LogP contribution in [0.3, 0.4) is 0 Å². The number of amides is 3. The van der Waals surface area contributed by atoms with E-state index in [1.165, 1.54) is 41.1 Å². The Morgan fingerprint density at radius 2 is 1.79 bits per heavy atom. The minimum Gasteiger partial charge on any atom is -0.337 e. The lowest BCUT2D eigenvalue weighted by atomic mass is 9.83. The molecule has 0 N–H and O–H groups in total. The molecule has 2 fully saturated rings. The molecule has 1 aromatic carbocycles. The fourth-order valence-corrected chi connectivity index (χ4v) is 4.13. The Hall–Kier alpha value is -3.50. The van der Waals surface area contributed by atoms with Crippen molar-refractivity contribution in [1.29, 1.82) is 0 Å². The Bertz CT molecular complexity index is 1130. The quantitative estimate of drug-likeness (QED) is 0.655. The van der Waals surface area contributed by atoms with E-state index in [0.717, 1.165) is 17.0 Å². The minimum atomic E-state index is -4.50. The van der Waals surface area contributed by atoms with Crippen molar-refractivity contribution in [3.05, 3.63) is 59.0 Å². The van der Waals surface area contributed by atoms with Crippen LogP contribution in [0.2, 0.25) is 0 Å². The van der Waals surface area contributed by atoms with Crippen molar-refractivity contribution in [3.8, 4) is 0 Å². The van der Waals surface area contributed by atoms with Crippen molar-refractivity contribution >= 4 is 23.5 Å². The van der Waals surface area contributed by atoms with Crippen molar-refractivity contribution in [2.45, 2.75) is 32.1 Å². The number of anilines is 1. The molecule has 2 saturated heterocycles. The van der Waals surface area contributed by atoms with Crippen LogP contribution in [0.25, 0.3) is 0 Å². The van der Waals surface area contributed by atoms with Gasteiger partial charge in [0.1, 0.15) is 6.54 Å². The molecule has 1 spiro atoms. The second-order valence-corrected chi connectivity index (χ2v) is 8.29. The molecule has 11 heteroatoms. The summed E-state index contributed by atoms with van der Waals surface area (Å²) in [5.74, 6) is -2.47. The molecule has 174 valence electrons. The Kier molecular flexibility index (Phi) is 5.38. The van der Waals surface area contributed by atoms with Crippen LogP contribution in [0.4, 0.5) is 23.4 Å². The van der Waals surface area contributed by atoms with Crippen LogP contribution < -0.4 is 4.90 Å². The van der Waals surface area contributed by atoms with Crippen LogP contribution in [0, 0.1) is 12.7 Å². The fourth-order valence-electron chi connectivity index (χ4n) is 4.13. The maximum atomic E-state index is 14.6. The molecular weight excluding hydrogens is 444 g/mol. The van der Waals surface area contributed by atoms with Gasteiger partial charge in [0.2, 0.25) is 11.8 Å². The average Bonchev–Trinajstić information content (AvgIpc) is 2.69. The lowest BCUT2D eigenvalue weighted by Crippen LogP contribution is -2.81. The number of pyridine rings is 1. The van der Waals surface area contributed by atoms with E-state index >= 15 is 0 Å². The molecule has 2 aliphatic rings. The van der Waals surface area contributed by atoms with Crippen LogP contribution in [0.5, 0.6) is 0 Å². The van der Waals surface area contributed by atoms with Crippen molar-refractivity contribution in [1.82, 2.24) is 14.8 Å². The number of carbonyl (C=O) groups is 3. The first-order valence-corrected chi connectivity index (χ1v) is 10.1. The predicted octanol–water partition coefficient (Wildman–Crippen LogP) is 2.52. The summed E-state index contributed by atoms with van der Waals surface area (Å²) in [6.07, 6.45) is -3.13. The zero-order valence-electron chi connectivity index (χ0n) is 17.8. The lowest BCUT2D eigenvalue weighted by Gasteiger charge is -2.57. The van der Waals surface area contributed by atoms with Crippen molar-refractivity contribution in [2.75, 3.05) is 24.5 Å². The summed E-state index contributed by atoms with van der Waals surface area (Å²) in [7, 11) is 0. The highest BCUT2D eigenvalue weighted by Crippen LogP contribution is 2.37. The molecule has 1 aromatic heterocycles. The number of rotatable bonds is 3. The number of alkyl halides is 3. The third kappa shape index (κ3) is 3.91. The molecule has 7 nitrogen and oxygen atoms in total. The third-order valence-electron chi connectivity index (χ3n) is 5.94. The summed E-state index contributed by atoms with van der Waals surface area (Å²) >= 11 is 0. The summed E-state index contributed by atoms with van der Waals surface area (Å²) in [6, 6.07) is 5.48. The molecule has 2 aliphatic heterocycles. The molecule has 33 heavy (non-hydrogen) atoms.